The molecule has 2 rings (SSSR count). The third-order valence-electron chi connectivity index (χ3n) is 2.30. The second-order valence-corrected chi connectivity index (χ2v) is 5.47. The summed E-state index contributed by atoms with van der Waals surface area (Å²) >= 11 is 13.6. The fraction of sp³-hybridized carbons (Fsp3) is 0.364. The Kier molecular flexibility index (Phi) is 4.00. The van der Waals surface area contributed by atoms with E-state index in [0.717, 1.165) is 23.0 Å². The van der Waals surface area contributed by atoms with Crippen LogP contribution in [0.1, 0.15) is 13.3 Å². The maximum atomic E-state index is 5.92. The molecule has 0 spiro atoms. The van der Waals surface area contributed by atoms with Gasteiger partial charge in [-0.25, -0.2) is 0 Å². The third-order valence-corrected chi connectivity index (χ3v) is 3.77. The number of thioether (sulfide) groups is 1. The molecule has 1 aliphatic rings. The molecular formula is C11H12Cl2N2S. The van der Waals surface area contributed by atoms with E-state index in [1.807, 2.05) is 12.1 Å². The summed E-state index contributed by atoms with van der Waals surface area (Å²) in [5, 5.41) is 5.44. The van der Waals surface area contributed by atoms with Gasteiger partial charge in [-0.05, 0) is 24.6 Å². The minimum absolute atomic E-state index is 0.433. The molecule has 0 amide bonds. The van der Waals surface area contributed by atoms with Gasteiger partial charge in [-0.1, -0.05) is 41.9 Å². The summed E-state index contributed by atoms with van der Waals surface area (Å²) < 4.78 is 0. The molecule has 1 unspecified atom stereocenters. The van der Waals surface area contributed by atoms with E-state index < -0.39 is 0 Å². The molecule has 1 N–H and O–H groups in total. The van der Waals surface area contributed by atoms with Crippen LogP contribution in [0.25, 0.3) is 0 Å². The van der Waals surface area contributed by atoms with Crippen LogP contribution in [0, 0.1) is 0 Å². The molecular weight excluding hydrogens is 263 g/mol. The van der Waals surface area contributed by atoms with Crippen LogP contribution in [0.15, 0.2) is 23.2 Å². The van der Waals surface area contributed by atoms with Gasteiger partial charge in [0.15, 0.2) is 5.17 Å². The van der Waals surface area contributed by atoms with E-state index in [2.05, 4.69) is 17.2 Å². The lowest BCUT2D eigenvalue weighted by Crippen LogP contribution is -2.05. The average molecular weight is 275 g/mol. The highest BCUT2D eigenvalue weighted by Gasteiger charge is 2.16. The minimum Gasteiger partial charge on any atom is -0.335 e. The first-order valence-corrected chi connectivity index (χ1v) is 6.85. The van der Waals surface area contributed by atoms with E-state index in [-0.39, 0.29) is 0 Å². The van der Waals surface area contributed by atoms with Crippen molar-refractivity contribution in [2.24, 2.45) is 4.99 Å². The zero-order chi connectivity index (χ0) is 11.5. The zero-order valence-electron chi connectivity index (χ0n) is 8.84. The molecule has 0 bridgehead atoms. The van der Waals surface area contributed by atoms with E-state index in [1.54, 1.807) is 17.8 Å². The number of nitrogens with one attached hydrogen (secondary N) is 1. The number of amidine groups is 1. The predicted octanol–water partition coefficient (Wildman–Crippen LogP) is 4.29. The van der Waals surface area contributed by atoms with Crippen LogP contribution >= 0.6 is 35.0 Å². The van der Waals surface area contributed by atoms with Gasteiger partial charge in [0.1, 0.15) is 0 Å². The van der Waals surface area contributed by atoms with E-state index in [0.29, 0.717) is 16.1 Å². The van der Waals surface area contributed by atoms with Crippen molar-refractivity contribution in [1.29, 1.82) is 0 Å². The normalized spacial score (nSPS) is 19.7. The number of rotatable bonds is 2. The summed E-state index contributed by atoms with van der Waals surface area (Å²) in [6.45, 7) is 2.15. The lowest BCUT2D eigenvalue weighted by atomic mass is 10.3. The number of anilines is 1. The minimum atomic E-state index is 0.433. The highest BCUT2D eigenvalue weighted by Crippen LogP contribution is 2.26. The Labute approximate surface area is 109 Å². The van der Waals surface area contributed by atoms with Gasteiger partial charge in [0.05, 0.1) is 6.04 Å². The van der Waals surface area contributed by atoms with Gasteiger partial charge in [-0.2, -0.15) is 0 Å². The SMILES string of the molecule is CCC1CSC(Nc2cc(Cl)cc(Cl)c2)=N1. The monoisotopic (exact) mass is 274 g/mol. The smallest absolute Gasteiger partial charge is 0.161 e. The highest BCUT2D eigenvalue weighted by molar-refractivity contribution is 8.14. The maximum Gasteiger partial charge on any atom is 0.161 e. The van der Waals surface area contributed by atoms with Crippen molar-refractivity contribution in [2.75, 3.05) is 11.1 Å². The van der Waals surface area contributed by atoms with Gasteiger partial charge in [0.25, 0.3) is 0 Å². The molecule has 1 atom stereocenters. The molecule has 86 valence electrons. The standard InChI is InChI=1S/C11H12Cl2N2S/c1-2-9-6-16-11(14-9)15-10-4-7(12)3-8(13)5-10/h3-5,9H,2,6H2,1H3,(H,14,15). The molecule has 2 nitrogen and oxygen atoms in total. The molecule has 0 saturated carbocycles. The van der Waals surface area contributed by atoms with Crippen molar-refractivity contribution in [3.05, 3.63) is 28.2 Å². The average Bonchev–Trinajstić information content (AvgIpc) is 2.64. The topological polar surface area (TPSA) is 24.4 Å². The van der Waals surface area contributed by atoms with Crippen LogP contribution in [-0.2, 0) is 0 Å². The Balaban J connectivity index is 2.09. The quantitative estimate of drug-likeness (QED) is 0.870. The summed E-state index contributed by atoms with van der Waals surface area (Å²) in [6, 6.07) is 5.83. The summed E-state index contributed by atoms with van der Waals surface area (Å²) in [6.07, 6.45) is 1.08. The largest absolute Gasteiger partial charge is 0.335 e. The van der Waals surface area contributed by atoms with Crippen molar-refractivity contribution in [3.8, 4) is 0 Å². The second kappa shape index (κ2) is 5.30. The fourth-order valence-corrected chi connectivity index (χ4v) is 3.04. The summed E-state index contributed by atoms with van der Waals surface area (Å²) in [5.74, 6) is 1.05. The molecule has 0 fully saturated rings. The molecule has 1 aromatic rings. The van der Waals surface area contributed by atoms with E-state index in [4.69, 9.17) is 23.2 Å². The Hall–Kier alpha value is -0.380. The van der Waals surface area contributed by atoms with Gasteiger partial charge in [-0.15, -0.1) is 0 Å². The lowest BCUT2D eigenvalue weighted by Gasteiger charge is -2.05. The molecule has 16 heavy (non-hydrogen) atoms. The molecule has 1 aromatic carbocycles. The number of benzene rings is 1. The lowest BCUT2D eigenvalue weighted by molar-refractivity contribution is 0.738. The van der Waals surface area contributed by atoms with Gasteiger partial charge in [-0.3, -0.25) is 4.99 Å². The van der Waals surface area contributed by atoms with E-state index >= 15 is 0 Å². The van der Waals surface area contributed by atoms with Crippen molar-refractivity contribution in [1.82, 2.24) is 0 Å². The Morgan fingerprint density at radius 1 is 1.38 bits per heavy atom. The van der Waals surface area contributed by atoms with Crippen LogP contribution < -0.4 is 5.32 Å². The van der Waals surface area contributed by atoms with Gasteiger partial charge < -0.3 is 5.32 Å². The zero-order valence-corrected chi connectivity index (χ0v) is 11.2. The molecule has 0 aromatic heterocycles. The van der Waals surface area contributed by atoms with Crippen LogP contribution in [-0.4, -0.2) is 17.0 Å². The van der Waals surface area contributed by atoms with Crippen molar-refractivity contribution in [2.45, 2.75) is 19.4 Å². The van der Waals surface area contributed by atoms with Crippen LogP contribution in [0.5, 0.6) is 0 Å². The summed E-state index contributed by atoms with van der Waals surface area (Å²) in [5.41, 5.74) is 0.889. The first-order valence-electron chi connectivity index (χ1n) is 5.11. The first kappa shape index (κ1) is 12.1. The summed E-state index contributed by atoms with van der Waals surface area (Å²) in [7, 11) is 0. The third kappa shape index (κ3) is 3.06. The summed E-state index contributed by atoms with van der Waals surface area (Å²) in [4.78, 5) is 4.54. The Morgan fingerprint density at radius 3 is 2.62 bits per heavy atom. The van der Waals surface area contributed by atoms with E-state index in [9.17, 15) is 0 Å². The molecule has 1 aliphatic heterocycles. The van der Waals surface area contributed by atoms with Gasteiger partial charge >= 0.3 is 0 Å². The van der Waals surface area contributed by atoms with Crippen LogP contribution in [0.4, 0.5) is 5.69 Å². The number of halogens is 2. The van der Waals surface area contributed by atoms with Gasteiger partial charge in [0.2, 0.25) is 0 Å². The molecule has 1 heterocycles. The predicted molar refractivity (Wildman–Crippen MR) is 74.1 cm³/mol. The first-order chi connectivity index (χ1) is 7.67. The molecule has 0 radical (unpaired) electrons. The van der Waals surface area contributed by atoms with Gasteiger partial charge in [0, 0.05) is 21.5 Å². The number of nitrogens with zero attached hydrogens (tertiary/aromatic N) is 1. The second-order valence-electron chi connectivity index (χ2n) is 3.59. The maximum absolute atomic E-state index is 5.92. The van der Waals surface area contributed by atoms with Crippen molar-refractivity contribution < 1.29 is 0 Å². The Bertz CT molecular complexity index is 400. The number of hydrogen-bond acceptors (Lipinski definition) is 3. The molecule has 0 saturated heterocycles. The van der Waals surface area contributed by atoms with E-state index in [1.165, 1.54) is 0 Å². The van der Waals surface area contributed by atoms with Crippen molar-refractivity contribution >= 4 is 45.8 Å². The Morgan fingerprint density at radius 2 is 2.06 bits per heavy atom. The molecule has 0 aliphatic carbocycles. The van der Waals surface area contributed by atoms with Crippen LogP contribution in [0.2, 0.25) is 10.0 Å². The van der Waals surface area contributed by atoms with Crippen molar-refractivity contribution in [3.63, 3.8) is 0 Å². The highest BCUT2D eigenvalue weighted by atomic mass is 35.5. The van der Waals surface area contributed by atoms with Crippen LogP contribution in [0.3, 0.4) is 0 Å². The molecule has 5 heteroatoms. The number of hydrogen-bond donors (Lipinski definition) is 1. The number of aliphatic imine (C=N–C) groups is 1. The fourth-order valence-electron chi connectivity index (χ4n) is 1.44.